The second-order valence-electron chi connectivity index (χ2n) is 10.9. The molecule has 7 aromatic carbocycles. The minimum Gasteiger partial charge on any atom is -0.309 e. The van der Waals surface area contributed by atoms with Crippen LogP contribution in [0.4, 0.5) is 17.1 Å². The van der Waals surface area contributed by atoms with E-state index in [4.69, 9.17) is 0 Å². The van der Waals surface area contributed by atoms with Crippen LogP contribution in [-0.2, 0) is 0 Å². The van der Waals surface area contributed by atoms with Crippen molar-refractivity contribution in [3.05, 3.63) is 176 Å². The molecule has 0 aliphatic carbocycles. The van der Waals surface area contributed by atoms with Crippen molar-refractivity contribution in [2.75, 3.05) is 4.90 Å². The summed E-state index contributed by atoms with van der Waals surface area (Å²) in [6.45, 7) is 0. The Morgan fingerprint density at radius 3 is 1.64 bits per heavy atom. The van der Waals surface area contributed by atoms with Crippen molar-refractivity contribution in [3.63, 3.8) is 0 Å². The van der Waals surface area contributed by atoms with Crippen molar-refractivity contribution < 1.29 is 0 Å². The Bertz CT molecular complexity index is 2220. The zero-order valence-electron chi connectivity index (χ0n) is 24.1. The smallest absolute Gasteiger partial charge is 0.0555 e. The lowest BCUT2D eigenvalue weighted by Gasteiger charge is -2.30. The van der Waals surface area contributed by atoms with Gasteiger partial charge in [-0.15, -0.1) is 11.3 Å². The topological polar surface area (TPSA) is 3.24 Å². The van der Waals surface area contributed by atoms with Crippen molar-refractivity contribution in [3.8, 4) is 33.4 Å². The summed E-state index contributed by atoms with van der Waals surface area (Å²) >= 11 is 1.86. The second-order valence-corrected chi connectivity index (χ2v) is 12.0. The maximum absolute atomic E-state index is 2.46. The molecule has 1 heterocycles. The standard InChI is InChI=1S/C42H29NS/c1-4-16-30(17-5-1)33-22-10-11-23-35(33)41-34(31-18-6-2-7-19-31)25-14-26-37(41)43(32-20-8-3-9-21-32)38-27-15-29-40-42(38)36-24-12-13-28-39(36)44-40/h1-29H. The zero-order valence-corrected chi connectivity index (χ0v) is 24.9. The van der Waals surface area contributed by atoms with Crippen LogP contribution in [0, 0.1) is 0 Å². The number of hydrogen-bond donors (Lipinski definition) is 0. The highest BCUT2D eigenvalue weighted by Crippen LogP contribution is 2.50. The first kappa shape index (κ1) is 26.2. The Hall–Kier alpha value is -5.44. The van der Waals surface area contributed by atoms with Crippen molar-refractivity contribution >= 4 is 48.6 Å². The van der Waals surface area contributed by atoms with Gasteiger partial charge in [-0.05, 0) is 64.2 Å². The van der Waals surface area contributed by atoms with Crippen molar-refractivity contribution in [2.24, 2.45) is 0 Å². The quantitative estimate of drug-likeness (QED) is 0.189. The highest BCUT2D eigenvalue weighted by Gasteiger charge is 2.24. The van der Waals surface area contributed by atoms with Crippen molar-refractivity contribution in [2.45, 2.75) is 0 Å². The fourth-order valence-electron chi connectivity index (χ4n) is 6.37. The number of nitrogens with zero attached hydrogens (tertiary/aromatic N) is 1. The van der Waals surface area contributed by atoms with Gasteiger partial charge in [-0.2, -0.15) is 0 Å². The largest absolute Gasteiger partial charge is 0.309 e. The molecule has 2 heteroatoms. The van der Waals surface area contributed by atoms with Crippen molar-refractivity contribution in [1.82, 2.24) is 0 Å². The summed E-state index contributed by atoms with van der Waals surface area (Å²) in [7, 11) is 0. The van der Waals surface area contributed by atoms with Gasteiger partial charge in [-0.3, -0.25) is 0 Å². The van der Waals surface area contributed by atoms with Crippen LogP contribution in [0.15, 0.2) is 176 Å². The van der Waals surface area contributed by atoms with Crippen LogP contribution in [0.5, 0.6) is 0 Å². The van der Waals surface area contributed by atoms with Crippen LogP contribution >= 0.6 is 11.3 Å². The van der Waals surface area contributed by atoms with E-state index >= 15 is 0 Å². The Morgan fingerprint density at radius 1 is 0.364 bits per heavy atom. The van der Waals surface area contributed by atoms with Crippen LogP contribution in [-0.4, -0.2) is 0 Å². The monoisotopic (exact) mass is 579 g/mol. The fraction of sp³-hybridized carbons (Fsp3) is 0. The van der Waals surface area contributed by atoms with E-state index in [1.807, 2.05) is 11.3 Å². The van der Waals surface area contributed by atoms with Crippen LogP contribution in [0.3, 0.4) is 0 Å². The minimum absolute atomic E-state index is 1.12. The van der Waals surface area contributed by atoms with Gasteiger partial charge in [0.1, 0.15) is 0 Å². The highest BCUT2D eigenvalue weighted by atomic mass is 32.1. The van der Waals surface area contributed by atoms with E-state index in [1.54, 1.807) is 0 Å². The molecule has 44 heavy (non-hydrogen) atoms. The zero-order chi connectivity index (χ0) is 29.3. The third-order valence-corrected chi connectivity index (χ3v) is 9.42. The van der Waals surface area contributed by atoms with Gasteiger partial charge in [0, 0.05) is 31.4 Å². The summed E-state index contributed by atoms with van der Waals surface area (Å²) < 4.78 is 2.59. The number of hydrogen-bond acceptors (Lipinski definition) is 2. The molecule has 8 aromatic rings. The fourth-order valence-corrected chi connectivity index (χ4v) is 7.49. The number of fused-ring (bicyclic) bond motifs is 3. The summed E-state index contributed by atoms with van der Waals surface area (Å²) in [6.07, 6.45) is 0. The Morgan fingerprint density at radius 2 is 0.886 bits per heavy atom. The van der Waals surface area contributed by atoms with E-state index in [2.05, 4.69) is 181 Å². The summed E-state index contributed by atoms with van der Waals surface area (Å²) in [4.78, 5) is 2.46. The second kappa shape index (κ2) is 11.3. The molecular formula is C42H29NS. The number of rotatable bonds is 6. The number of benzene rings is 7. The molecule has 8 rings (SSSR count). The summed E-state index contributed by atoms with van der Waals surface area (Å²) in [5, 5.41) is 2.57. The Balaban J connectivity index is 1.49. The molecule has 0 fully saturated rings. The Labute approximate surface area is 261 Å². The molecule has 0 aliphatic heterocycles. The SMILES string of the molecule is c1ccc(-c2ccccc2-c2c(-c3ccccc3)cccc2N(c2ccccc2)c2cccc3sc4ccccc4c23)cc1. The molecule has 208 valence electrons. The highest BCUT2D eigenvalue weighted by molar-refractivity contribution is 7.26. The van der Waals surface area contributed by atoms with E-state index in [9.17, 15) is 0 Å². The van der Waals surface area contributed by atoms with Gasteiger partial charge in [-0.25, -0.2) is 0 Å². The number of thiophene rings is 1. The molecule has 1 nitrogen and oxygen atoms in total. The van der Waals surface area contributed by atoms with Crippen LogP contribution in [0.25, 0.3) is 53.6 Å². The van der Waals surface area contributed by atoms with Gasteiger partial charge in [0.25, 0.3) is 0 Å². The van der Waals surface area contributed by atoms with Gasteiger partial charge in [0.15, 0.2) is 0 Å². The average molecular weight is 580 g/mol. The third-order valence-electron chi connectivity index (χ3n) is 8.29. The van der Waals surface area contributed by atoms with Crippen LogP contribution in [0.1, 0.15) is 0 Å². The van der Waals surface area contributed by atoms with E-state index in [1.165, 1.54) is 59.2 Å². The third kappa shape index (κ3) is 4.57. The lowest BCUT2D eigenvalue weighted by Crippen LogP contribution is -2.12. The lowest BCUT2D eigenvalue weighted by atomic mass is 9.87. The first-order chi connectivity index (χ1) is 21.9. The first-order valence-electron chi connectivity index (χ1n) is 15.0. The molecule has 1 aromatic heterocycles. The van der Waals surface area contributed by atoms with Crippen LogP contribution in [0.2, 0.25) is 0 Å². The number of para-hydroxylation sites is 1. The van der Waals surface area contributed by atoms with Gasteiger partial charge in [0.2, 0.25) is 0 Å². The minimum atomic E-state index is 1.12. The first-order valence-corrected chi connectivity index (χ1v) is 15.8. The maximum atomic E-state index is 2.46. The molecule has 0 bridgehead atoms. The molecule has 0 atom stereocenters. The van der Waals surface area contributed by atoms with E-state index < -0.39 is 0 Å². The molecule has 0 aliphatic rings. The van der Waals surface area contributed by atoms with E-state index in [0.29, 0.717) is 0 Å². The predicted molar refractivity (Wildman–Crippen MR) is 190 cm³/mol. The van der Waals surface area contributed by atoms with Gasteiger partial charge < -0.3 is 4.90 Å². The predicted octanol–water partition coefficient (Wildman–Crippen LogP) is 12.5. The van der Waals surface area contributed by atoms with Gasteiger partial charge >= 0.3 is 0 Å². The van der Waals surface area contributed by atoms with Crippen molar-refractivity contribution in [1.29, 1.82) is 0 Å². The molecule has 0 saturated carbocycles. The molecular weight excluding hydrogens is 551 g/mol. The summed E-state index contributed by atoms with van der Waals surface area (Å²) in [6, 6.07) is 63.4. The van der Waals surface area contributed by atoms with Gasteiger partial charge in [-0.1, -0.05) is 140 Å². The molecule has 0 N–H and O–H groups in total. The lowest BCUT2D eigenvalue weighted by molar-refractivity contribution is 1.30. The maximum Gasteiger partial charge on any atom is 0.0555 e. The molecule has 0 amide bonds. The average Bonchev–Trinajstić information content (AvgIpc) is 3.49. The summed E-state index contributed by atoms with van der Waals surface area (Å²) in [5.74, 6) is 0. The number of anilines is 3. The van der Waals surface area contributed by atoms with E-state index in [0.717, 1.165) is 11.4 Å². The molecule has 0 unspecified atom stereocenters. The van der Waals surface area contributed by atoms with Crippen LogP contribution < -0.4 is 4.90 Å². The molecule has 0 spiro atoms. The summed E-state index contributed by atoms with van der Waals surface area (Å²) in [5.41, 5.74) is 10.7. The molecule has 0 saturated heterocycles. The normalized spacial score (nSPS) is 11.2. The molecule has 0 radical (unpaired) electrons. The van der Waals surface area contributed by atoms with E-state index in [-0.39, 0.29) is 0 Å². The van der Waals surface area contributed by atoms with Gasteiger partial charge in [0.05, 0.1) is 11.4 Å². The Kier molecular flexibility index (Phi) is 6.75.